The summed E-state index contributed by atoms with van der Waals surface area (Å²) in [4.78, 5) is 17.7. The maximum absolute atomic E-state index is 13.8. The number of fused-ring (bicyclic) bond motifs is 1. The van der Waals surface area contributed by atoms with Gasteiger partial charge in [-0.2, -0.15) is 5.10 Å². The number of piperazine rings is 1. The number of benzene rings is 2. The number of amides is 1. The van der Waals surface area contributed by atoms with Gasteiger partial charge in [0.2, 0.25) is 6.79 Å². The smallest absolute Gasteiger partial charge is 0.257 e. The number of hydrogen-bond acceptors (Lipinski definition) is 6. The molecule has 0 unspecified atom stereocenters. The summed E-state index contributed by atoms with van der Waals surface area (Å²) >= 11 is 0. The van der Waals surface area contributed by atoms with E-state index >= 15 is 0 Å². The van der Waals surface area contributed by atoms with Crippen LogP contribution in [0.3, 0.4) is 0 Å². The zero-order chi connectivity index (χ0) is 21.4. The number of hydrogen-bond donors (Lipinski definition) is 0. The number of carbonyl (C=O) groups excluding carboxylic acids is 1. The molecule has 0 N–H and O–H groups in total. The average Bonchev–Trinajstić information content (AvgIpc) is 3.42. The fourth-order valence-corrected chi connectivity index (χ4v) is 4.23. The quantitative estimate of drug-likeness (QED) is 0.755. The summed E-state index contributed by atoms with van der Waals surface area (Å²) in [5, 5.41) is 6.22. The highest BCUT2D eigenvalue weighted by molar-refractivity contribution is 6.03. The summed E-state index contributed by atoms with van der Waals surface area (Å²) in [6.45, 7) is 4.10. The van der Waals surface area contributed by atoms with Gasteiger partial charge in [0.15, 0.2) is 11.5 Å². The fraction of sp³-hybridized carbons (Fsp3) is 0.391. The molecule has 2 aromatic carbocycles. The van der Waals surface area contributed by atoms with E-state index in [1.807, 2.05) is 24.3 Å². The van der Waals surface area contributed by atoms with E-state index in [0.29, 0.717) is 35.7 Å². The third kappa shape index (κ3) is 4.13. The summed E-state index contributed by atoms with van der Waals surface area (Å²) in [5.74, 6) is 0.993. The van der Waals surface area contributed by atoms with Crippen LogP contribution >= 0.6 is 0 Å². The van der Waals surface area contributed by atoms with Crippen molar-refractivity contribution >= 4 is 11.6 Å². The Bertz CT molecular complexity index is 1020. The van der Waals surface area contributed by atoms with Gasteiger partial charge in [-0.1, -0.05) is 18.2 Å². The van der Waals surface area contributed by atoms with Crippen molar-refractivity contribution in [1.82, 2.24) is 14.8 Å². The lowest BCUT2D eigenvalue weighted by Crippen LogP contribution is -2.48. The topological polar surface area (TPSA) is 57.6 Å². The third-order valence-corrected chi connectivity index (χ3v) is 6.06. The second kappa shape index (κ2) is 8.28. The predicted molar refractivity (Wildman–Crippen MR) is 114 cm³/mol. The first-order chi connectivity index (χ1) is 15.1. The number of carbonyl (C=O) groups is 1. The van der Waals surface area contributed by atoms with Crippen molar-refractivity contribution in [2.45, 2.75) is 12.5 Å². The SMILES string of the molecule is CN1CCN(CC(=O)N2N=C(c3cccc(F)c3)C[C@@H]2c2ccc3c(c2)OCO3)CC1. The second-order valence-electron chi connectivity index (χ2n) is 8.21. The lowest BCUT2D eigenvalue weighted by molar-refractivity contribution is -0.134. The first kappa shape index (κ1) is 20.0. The number of halogens is 1. The Hall–Kier alpha value is -2.97. The molecule has 1 saturated heterocycles. The first-order valence-corrected chi connectivity index (χ1v) is 10.5. The van der Waals surface area contributed by atoms with E-state index in [0.717, 1.165) is 31.7 Å². The molecule has 0 spiro atoms. The zero-order valence-electron chi connectivity index (χ0n) is 17.5. The average molecular weight is 424 g/mol. The summed E-state index contributed by atoms with van der Waals surface area (Å²) in [7, 11) is 2.09. The molecule has 8 heteroatoms. The Labute approximate surface area is 180 Å². The monoisotopic (exact) mass is 424 g/mol. The van der Waals surface area contributed by atoms with Gasteiger partial charge in [0.25, 0.3) is 5.91 Å². The Morgan fingerprint density at radius 3 is 2.71 bits per heavy atom. The van der Waals surface area contributed by atoms with Crippen molar-refractivity contribution in [3.8, 4) is 11.5 Å². The maximum atomic E-state index is 13.8. The molecule has 31 heavy (non-hydrogen) atoms. The van der Waals surface area contributed by atoms with Crippen molar-refractivity contribution in [3.63, 3.8) is 0 Å². The molecule has 0 radical (unpaired) electrons. The largest absolute Gasteiger partial charge is 0.454 e. The molecule has 1 atom stereocenters. The van der Waals surface area contributed by atoms with E-state index in [2.05, 4.69) is 21.9 Å². The van der Waals surface area contributed by atoms with E-state index in [9.17, 15) is 9.18 Å². The normalized spacial score (nSPS) is 21.4. The molecule has 1 fully saturated rings. The molecular weight excluding hydrogens is 399 g/mol. The highest BCUT2D eigenvalue weighted by atomic mass is 19.1. The summed E-state index contributed by atoms with van der Waals surface area (Å²) in [6, 6.07) is 11.8. The van der Waals surface area contributed by atoms with Crippen LogP contribution in [0.4, 0.5) is 4.39 Å². The van der Waals surface area contributed by atoms with Crippen LogP contribution in [0.15, 0.2) is 47.6 Å². The van der Waals surface area contributed by atoms with Crippen molar-refractivity contribution in [1.29, 1.82) is 0 Å². The minimum absolute atomic E-state index is 0.0568. The van der Waals surface area contributed by atoms with Gasteiger partial charge in [-0.15, -0.1) is 0 Å². The molecule has 3 heterocycles. The second-order valence-corrected chi connectivity index (χ2v) is 8.21. The molecule has 3 aliphatic rings. The van der Waals surface area contributed by atoms with Gasteiger partial charge in [-0.05, 0) is 36.9 Å². The predicted octanol–water partition coefficient (Wildman–Crippen LogP) is 2.48. The number of nitrogens with zero attached hydrogens (tertiary/aromatic N) is 4. The van der Waals surface area contributed by atoms with Gasteiger partial charge in [0.1, 0.15) is 5.82 Å². The minimum atomic E-state index is -0.318. The number of ether oxygens (including phenoxy) is 2. The summed E-state index contributed by atoms with van der Waals surface area (Å²) in [5.41, 5.74) is 2.32. The van der Waals surface area contributed by atoms with Crippen molar-refractivity contribution in [3.05, 3.63) is 59.4 Å². The lowest BCUT2D eigenvalue weighted by Gasteiger charge is -2.33. The summed E-state index contributed by atoms with van der Waals surface area (Å²) in [6.07, 6.45) is 0.511. The minimum Gasteiger partial charge on any atom is -0.454 e. The fourth-order valence-electron chi connectivity index (χ4n) is 4.23. The van der Waals surface area contributed by atoms with E-state index in [-0.39, 0.29) is 24.6 Å². The Balaban J connectivity index is 1.42. The van der Waals surface area contributed by atoms with Crippen LogP contribution in [0.25, 0.3) is 0 Å². The van der Waals surface area contributed by atoms with Gasteiger partial charge in [-0.3, -0.25) is 9.69 Å². The van der Waals surface area contributed by atoms with Crippen molar-refractivity contribution in [2.24, 2.45) is 5.10 Å². The molecular formula is C23H25FN4O3. The van der Waals surface area contributed by atoms with Crippen molar-refractivity contribution < 1.29 is 18.7 Å². The molecule has 0 saturated carbocycles. The molecule has 2 aromatic rings. The van der Waals surface area contributed by atoms with Gasteiger partial charge in [0, 0.05) is 38.2 Å². The molecule has 0 aromatic heterocycles. The van der Waals surface area contributed by atoms with Crippen LogP contribution in [-0.2, 0) is 4.79 Å². The van der Waals surface area contributed by atoms with E-state index in [1.165, 1.54) is 12.1 Å². The molecule has 7 nitrogen and oxygen atoms in total. The molecule has 3 aliphatic heterocycles. The van der Waals surface area contributed by atoms with Gasteiger partial charge in [0.05, 0.1) is 18.3 Å². The Kier molecular flexibility index (Phi) is 5.33. The van der Waals surface area contributed by atoms with Crippen molar-refractivity contribution in [2.75, 3.05) is 46.6 Å². The highest BCUT2D eigenvalue weighted by Crippen LogP contribution is 2.39. The number of likely N-dealkylation sites (N-methyl/N-ethyl adjacent to an activating group) is 1. The first-order valence-electron chi connectivity index (χ1n) is 10.5. The van der Waals surface area contributed by atoms with E-state index < -0.39 is 0 Å². The van der Waals surface area contributed by atoms with Crippen LogP contribution in [0.2, 0.25) is 0 Å². The summed E-state index contributed by atoms with van der Waals surface area (Å²) < 4.78 is 24.8. The molecule has 1 amide bonds. The standard InChI is InChI=1S/C23H25FN4O3/c1-26-7-9-27(10-8-26)14-23(29)28-20(17-5-6-21-22(12-17)31-15-30-21)13-19(25-28)16-3-2-4-18(24)11-16/h2-6,11-12,20H,7-10,13-15H2,1H3/t20-/m1/s1. The highest BCUT2D eigenvalue weighted by Gasteiger charge is 2.35. The van der Waals surface area contributed by atoms with Crippen LogP contribution in [0.5, 0.6) is 11.5 Å². The van der Waals surface area contributed by atoms with Crippen LogP contribution in [0.1, 0.15) is 23.6 Å². The van der Waals surface area contributed by atoms with E-state index in [1.54, 1.807) is 11.1 Å². The van der Waals surface area contributed by atoms with Gasteiger partial charge < -0.3 is 14.4 Å². The molecule has 162 valence electrons. The Morgan fingerprint density at radius 1 is 1.10 bits per heavy atom. The Morgan fingerprint density at radius 2 is 1.90 bits per heavy atom. The molecule has 0 bridgehead atoms. The molecule has 5 rings (SSSR count). The lowest BCUT2D eigenvalue weighted by atomic mass is 9.98. The third-order valence-electron chi connectivity index (χ3n) is 6.06. The maximum Gasteiger partial charge on any atom is 0.257 e. The number of rotatable bonds is 4. The molecule has 0 aliphatic carbocycles. The van der Waals surface area contributed by atoms with Gasteiger partial charge in [-0.25, -0.2) is 9.40 Å². The number of hydrazone groups is 1. The van der Waals surface area contributed by atoms with E-state index in [4.69, 9.17) is 9.47 Å². The van der Waals surface area contributed by atoms with Crippen LogP contribution < -0.4 is 9.47 Å². The van der Waals surface area contributed by atoms with Crippen LogP contribution in [0, 0.1) is 5.82 Å². The van der Waals surface area contributed by atoms with Crippen LogP contribution in [-0.4, -0.2) is 73.0 Å². The zero-order valence-corrected chi connectivity index (χ0v) is 17.5. The van der Waals surface area contributed by atoms with Gasteiger partial charge >= 0.3 is 0 Å².